The van der Waals surface area contributed by atoms with Crippen LogP contribution in [0.3, 0.4) is 0 Å². The average molecular weight is 208 g/mol. The summed E-state index contributed by atoms with van der Waals surface area (Å²) in [5, 5.41) is 0. The highest BCUT2D eigenvalue weighted by Gasteiger charge is 2.62. The summed E-state index contributed by atoms with van der Waals surface area (Å²) in [6.45, 7) is 7.95. The van der Waals surface area contributed by atoms with E-state index in [1.54, 1.807) is 0 Å². The standard InChI is InChI=1S/C14H24O/c1-4-15-13-11-8-12(14(13,2)3)10-7-5-6-9(10)11/h9-13H,4-8H2,1-3H3. The van der Waals surface area contributed by atoms with Crippen molar-refractivity contribution < 1.29 is 4.74 Å². The smallest absolute Gasteiger partial charge is 0.0659 e. The highest BCUT2D eigenvalue weighted by molar-refractivity contribution is 5.11. The Bertz CT molecular complexity index is 258. The van der Waals surface area contributed by atoms with Crippen LogP contribution in [0.5, 0.6) is 0 Å². The lowest BCUT2D eigenvalue weighted by atomic mass is 9.66. The second-order valence-corrected chi connectivity index (χ2v) is 6.46. The zero-order valence-electron chi connectivity index (χ0n) is 10.3. The average Bonchev–Trinajstić information content (AvgIpc) is 2.77. The molecule has 0 aromatic heterocycles. The normalized spacial score (nSPS) is 51.0. The van der Waals surface area contributed by atoms with Gasteiger partial charge in [-0.05, 0) is 55.3 Å². The van der Waals surface area contributed by atoms with Crippen LogP contribution in [0, 0.1) is 29.1 Å². The van der Waals surface area contributed by atoms with Crippen LogP contribution in [-0.4, -0.2) is 12.7 Å². The molecule has 5 unspecified atom stereocenters. The molecule has 0 N–H and O–H groups in total. The van der Waals surface area contributed by atoms with Crippen molar-refractivity contribution in [1.29, 1.82) is 0 Å². The Morgan fingerprint density at radius 1 is 1.13 bits per heavy atom. The maximum atomic E-state index is 6.06. The Kier molecular flexibility index (Phi) is 2.18. The Hall–Kier alpha value is -0.0400. The van der Waals surface area contributed by atoms with Crippen molar-refractivity contribution in [3.8, 4) is 0 Å². The molecule has 1 heteroatoms. The zero-order valence-corrected chi connectivity index (χ0v) is 10.3. The van der Waals surface area contributed by atoms with Crippen LogP contribution in [0.25, 0.3) is 0 Å². The van der Waals surface area contributed by atoms with Crippen molar-refractivity contribution in [3.63, 3.8) is 0 Å². The fraction of sp³-hybridized carbons (Fsp3) is 1.00. The Morgan fingerprint density at radius 2 is 1.87 bits per heavy atom. The van der Waals surface area contributed by atoms with Crippen molar-refractivity contribution >= 4 is 0 Å². The van der Waals surface area contributed by atoms with Gasteiger partial charge in [0.15, 0.2) is 0 Å². The van der Waals surface area contributed by atoms with Crippen molar-refractivity contribution in [3.05, 3.63) is 0 Å². The van der Waals surface area contributed by atoms with E-state index in [4.69, 9.17) is 4.74 Å². The van der Waals surface area contributed by atoms with Gasteiger partial charge >= 0.3 is 0 Å². The van der Waals surface area contributed by atoms with E-state index >= 15 is 0 Å². The highest BCUT2D eigenvalue weighted by atomic mass is 16.5. The van der Waals surface area contributed by atoms with Crippen molar-refractivity contribution in [2.75, 3.05) is 6.61 Å². The van der Waals surface area contributed by atoms with E-state index < -0.39 is 0 Å². The molecule has 3 aliphatic carbocycles. The molecule has 3 aliphatic rings. The molecular weight excluding hydrogens is 184 g/mol. The van der Waals surface area contributed by atoms with Crippen molar-refractivity contribution in [1.82, 2.24) is 0 Å². The molecule has 0 amide bonds. The summed E-state index contributed by atoms with van der Waals surface area (Å²) in [6, 6.07) is 0. The number of ether oxygens (including phenoxy) is 1. The third kappa shape index (κ3) is 1.19. The molecule has 5 atom stereocenters. The van der Waals surface area contributed by atoms with E-state index in [1.807, 2.05) is 0 Å². The lowest BCUT2D eigenvalue weighted by molar-refractivity contribution is -0.0822. The molecule has 0 heterocycles. The molecule has 0 saturated heterocycles. The highest BCUT2D eigenvalue weighted by Crippen LogP contribution is 2.66. The maximum Gasteiger partial charge on any atom is 0.0659 e. The van der Waals surface area contributed by atoms with Gasteiger partial charge in [0.05, 0.1) is 6.10 Å². The van der Waals surface area contributed by atoms with E-state index in [0.717, 1.165) is 30.3 Å². The molecule has 0 spiro atoms. The molecular formula is C14H24O. The first-order chi connectivity index (χ1) is 7.16. The molecule has 2 bridgehead atoms. The van der Waals surface area contributed by atoms with E-state index in [1.165, 1.54) is 25.7 Å². The molecule has 3 saturated carbocycles. The molecule has 0 aromatic rings. The van der Waals surface area contributed by atoms with Crippen LogP contribution in [0.1, 0.15) is 46.5 Å². The molecule has 1 nitrogen and oxygen atoms in total. The van der Waals surface area contributed by atoms with E-state index in [0.29, 0.717) is 11.5 Å². The number of fused-ring (bicyclic) bond motifs is 5. The van der Waals surface area contributed by atoms with Crippen LogP contribution < -0.4 is 0 Å². The van der Waals surface area contributed by atoms with E-state index in [2.05, 4.69) is 20.8 Å². The first-order valence-electron chi connectivity index (χ1n) is 6.78. The van der Waals surface area contributed by atoms with Crippen molar-refractivity contribution in [2.45, 2.75) is 52.6 Å². The number of rotatable bonds is 2. The van der Waals surface area contributed by atoms with Gasteiger partial charge in [-0.15, -0.1) is 0 Å². The topological polar surface area (TPSA) is 9.23 Å². The first kappa shape index (κ1) is 10.1. The monoisotopic (exact) mass is 208 g/mol. The molecule has 0 aromatic carbocycles. The van der Waals surface area contributed by atoms with Gasteiger partial charge in [-0.2, -0.15) is 0 Å². The third-order valence-electron chi connectivity index (χ3n) is 5.64. The largest absolute Gasteiger partial charge is 0.378 e. The number of hydrogen-bond donors (Lipinski definition) is 0. The Labute approximate surface area is 93.6 Å². The second kappa shape index (κ2) is 3.23. The second-order valence-electron chi connectivity index (χ2n) is 6.46. The zero-order chi connectivity index (χ0) is 10.6. The minimum absolute atomic E-state index is 0.451. The SMILES string of the molecule is CCOC1C2CC(C3CCCC32)C1(C)C. The summed E-state index contributed by atoms with van der Waals surface area (Å²) in [4.78, 5) is 0. The fourth-order valence-electron chi connectivity index (χ4n) is 5.18. The predicted octanol–water partition coefficient (Wildman–Crippen LogP) is 3.48. The van der Waals surface area contributed by atoms with Gasteiger partial charge in [-0.1, -0.05) is 20.3 Å². The van der Waals surface area contributed by atoms with Gasteiger partial charge < -0.3 is 4.74 Å². The summed E-state index contributed by atoms with van der Waals surface area (Å²) in [6.07, 6.45) is 6.51. The molecule has 86 valence electrons. The van der Waals surface area contributed by atoms with Gasteiger partial charge in [0.25, 0.3) is 0 Å². The summed E-state index contributed by atoms with van der Waals surface area (Å²) in [5.74, 6) is 3.95. The molecule has 15 heavy (non-hydrogen) atoms. The maximum absolute atomic E-state index is 6.06. The van der Waals surface area contributed by atoms with Gasteiger partial charge in [0, 0.05) is 6.61 Å². The first-order valence-corrected chi connectivity index (χ1v) is 6.78. The number of hydrogen-bond acceptors (Lipinski definition) is 1. The third-order valence-corrected chi connectivity index (χ3v) is 5.64. The predicted molar refractivity (Wildman–Crippen MR) is 61.6 cm³/mol. The van der Waals surface area contributed by atoms with Crippen LogP contribution in [0.15, 0.2) is 0 Å². The molecule has 3 rings (SSSR count). The van der Waals surface area contributed by atoms with E-state index in [9.17, 15) is 0 Å². The minimum atomic E-state index is 0.451. The molecule has 0 aliphatic heterocycles. The molecule has 0 radical (unpaired) electrons. The van der Waals surface area contributed by atoms with Gasteiger partial charge in [0.2, 0.25) is 0 Å². The quantitative estimate of drug-likeness (QED) is 0.675. The summed E-state index contributed by atoms with van der Waals surface area (Å²) < 4.78 is 6.06. The Balaban J connectivity index is 1.88. The van der Waals surface area contributed by atoms with Gasteiger partial charge in [0.1, 0.15) is 0 Å². The lowest BCUT2D eigenvalue weighted by Crippen LogP contribution is -2.44. The summed E-state index contributed by atoms with van der Waals surface area (Å²) in [7, 11) is 0. The van der Waals surface area contributed by atoms with Crippen LogP contribution in [-0.2, 0) is 4.74 Å². The van der Waals surface area contributed by atoms with E-state index in [-0.39, 0.29) is 0 Å². The molecule has 3 fully saturated rings. The Morgan fingerprint density at radius 3 is 2.60 bits per heavy atom. The van der Waals surface area contributed by atoms with Crippen LogP contribution in [0.4, 0.5) is 0 Å². The fourth-order valence-corrected chi connectivity index (χ4v) is 5.18. The van der Waals surface area contributed by atoms with Gasteiger partial charge in [-0.3, -0.25) is 0 Å². The van der Waals surface area contributed by atoms with Crippen LogP contribution in [0.2, 0.25) is 0 Å². The van der Waals surface area contributed by atoms with Gasteiger partial charge in [-0.25, -0.2) is 0 Å². The van der Waals surface area contributed by atoms with Crippen molar-refractivity contribution in [2.24, 2.45) is 29.1 Å². The minimum Gasteiger partial charge on any atom is -0.378 e. The summed E-state index contributed by atoms with van der Waals surface area (Å²) >= 11 is 0. The van der Waals surface area contributed by atoms with Crippen LogP contribution >= 0.6 is 0 Å². The summed E-state index contributed by atoms with van der Waals surface area (Å²) in [5.41, 5.74) is 0.451. The lowest BCUT2D eigenvalue weighted by Gasteiger charge is -2.43.